The van der Waals surface area contributed by atoms with Gasteiger partial charge in [-0.15, -0.1) is 37.2 Å². The zero-order valence-corrected chi connectivity index (χ0v) is 20.5. The summed E-state index contributed by atoms with van der Waals surface area (Å²) in [7, 11) is 1.73. The fraction of sp³-hybridized carbons (Fsp3) is 0.292. The van der Waals surface area contributed by atoms with Gasteiger partial charge in [-0.3, -0.25) is 9.88 Å². The highest BCUT2D eigenvalue weighted by atomic mass is 35.5. The van der Waals surface area contributed by atoms with Gasteiger partial charge in [-0.05, 0) is 55.3 Å². The summed E-state index contributed by atoms with van der Waals surface area (Å²) in [6.07, 6.45) is 4.00. The minimum Gasteiger partial charge on any atom is -0.496 e. The van der Waals surface area contributed by atoms with Crippen LogP contribution in [0.15, 0.2) is 72.9 Å². The van der Waals surface area contributed by atoms with Gasteiger partial charge in [-0.25, -0.2) is 0 Å². The molecular formula is C24H32Cl3N3O2. The van der Waals surface area contributed by atoms with Crippen molar-refractivity contribution in [3.05, 3.63) is 84.1 Å². The topological polar surface area (TPSA) is 82.9 Å². The number of methoxy groups -OCH3 is 1. The molecule has 2 atom stereocenters. The molecule has 1 saturated heterocycles. The highest BCUT2D eigenvalue weighted by Crippen LogP contribution is 2.34. The summed E-state index contributed by atoms with van der Waals surface area (Å²) in [6.45, 7) is 1.83. The van der Waals surface area contributed by atoms with Gasteiger partial charge in [0, 0.05) is 29.9 Å². The maximum Gasteiger partial charge on any atom is 0.123 e. The second-order valence-electron chi connectivity index (χ2n) is 7.37. The van der Waals surface area contributed by atoms with Crippen molar-refractivity contribution in [3.63, 3.8) is 0 Å². The highest BCUT2D eigenvalue weighted by molar-refractivity contribution is 5.86. The standard InChI is InChI=1S/C24H27N3O.3ClH.H2O/c1-28-23-13-12-19(22-11-5-6-14-26-22)16-20(23)17-27-15-7-10-21(25)24(27)18-8-3-2-4-9-18;;;;/h2-6,8-9,11-14,16,21,24H,7,10,15,17,25H2,1H3;3*1H;1H2/t21-,24-;;;;/m0..../s1. The molecule has 0 bridgehead atoms. The monoisotopic (exact) mass is 499 g/mol. The molecule has 5 nitrogen and oxygen atoms in total. The lowest BCUT2D eigenvalue weighted by molar-refractivity contribution is 0.119. The van der Waals surface area contributed by atoms with E-state index in [1.165, 1.54) is 11.1 Å². The van der Waals surface area contributed by atoms with E-state index in [1.54, 1.807) is 7.11 Å². The molecule has 4 rings (SSSR count). The van der Waals surface area contributed by atoms with Crippen LogP contribution in [0.5, 0.6) is 5.75 Å². The number of nitrogens with two attached hydrogens (primary N) is 1. The van der Waals surface area contributed by atoms with Crippen molar-refractivity contribution in [1.82, 2.24) is 9.88 Å². The van der Waals surface area contributed by atoms with Crippen LogP contribution < -0.4 is 10.5 Å². The number of likely N-dealkylation sites (tertiary alicyclic amines) is 1. The number of nitrogens with zero attached hydrogens (tertiary/aromatic N) is 2. The van der Waals surface area contributed by atoms with E-state index in [9.17, 15) is 0 Å². The molecule has 1 aliphatic heterocycles. The van der Waals surface area contributed by atoms with Gasteiger partial charge < -0.3 is 15.9 Å². The van der Waals surface area contributed by atoms with E-state index in [4.69, 9.17) is 10.5 Å². The number of benzene rings is 2. The van der Waals surface area contributed by atoms with E-state index < -0.39 is 0 Å². The number of ether oxygens (including phenoxy) is 1. The van der Waals surface area contributed by atoms with Gasteiger partial charge in [0.15, 0.2) is 0 Å². The molecular weight excluding hydrogens is 469 g/mol. The predicted molar refractivity (Wildman–Crippen MR) is 138 cm³/mol. The summed E-state index contributed by atoms with van der Waals surface area (Å²) in [5.41, 5.74) is 11.1. The molecule has 0 aliphatic carbocycles. The third kappa shape index (κ3) is 6.82. The zero-order chi connectivity index (χ0) is 19.3. The molecule has 1 fully saturated rings. The Morgan fingerprint density at radius 1 is 1.00 bits per heavy atom. The molecule has 0 unspecified atom stereocenters. The quantitative estimate of drug-likeness (QED) is 0.542. The van der Waals surface area contributed by atoms with Crippen LogP contribution >= 0.6 is 37.2 Å². The normalized spacial score (nSPS) is 17.6. The minimum atomic E-state index is 0. The second kappa shape index (κ2) is 14.3. The van der Waals surface area contributed by atoms with Gasteiger partial charge in [0.05, 0.1) is 18.8 Å². The fourth-order valence-electron chi connectivity index (χ4n) is 4.20. The highest BCUT2D eigenvalue weighted by Gasteiger charge is 2.30. The maximum atomic E-state index is 6.56. The van der Waals surface area contributed by atoms with Crippen LogP contribution in [-0.4, -0.2) is 35.1 Å². The summed E-state index contributed by atoms with van der Waals surface area (Å²) in [5.74, 6) is 0.908. The smallest absolute Gasteiger partial charge is 0.123 e. The first-order chi connectivity index (χ1) is 13.8. The molecule has 2 heterocycles. The lowest BCUT2D eigenvalue weighted by Crippen LogP contribution is -2.45. The van der Waals surface area contributed by atoms with Gasteiger partial charge in [0.2, 0.25) is 0 Å². The molecule has 176 valence electrons. The van der Waals surface area contributed by atoms with Crippen molar-refractivity contribution >= 4 is 37.2 Å². The van der Waals surface area contributed by atoms with Crippen molar-refractivity contribution in [2.24, 2.45) is 5.73 Å². The summed E-state index contributed by atoms with van der Waals surface area (Å²) in [5, 5.41) is 0. The summed E-state index contributed by atoms with van der Waals surface area (Å²) in [4.78, 5) is 6.98. The molecule has 0 spiro atoms. The number of rotatable bonds is 5. The Labute approximate surface area is 208 Å². The number of piperidine rings is 1. The first kappa shape index (κ1) is 30.1. The Morgan fingerprint density at radius 2 is 1.72 bits per heavy atom. The van der Waals surface area contributed by atoms with Gasteiger partial charge >= 0.3 is 0 Å². The first-order valence-corrected chi connectivity index (χ1v) is 9.89. The molecule has 0 amide bonds. The number of pyridine rings is 1. The number of halogens is 3. The lowest BCUT2D eigenvalue weighted by atomic mass is 9.90. The zero-order valence-electron chi connectivity index (χ0n) is 18.0. The third-order valence-electron chi connectivity index (χ3n) is 5.54. The number of hydrogen-bond acceptors (Lipinski definition) is 4. The molecule has 0 radical (unpaired) electrons. The molecule has 4 N–H and O–H groups in total. The Kier molecular flexibility index (Phi) is 13.5. The molecule has 1 aliphatic rings. The first-order valence-electron chi connectivity index (χ1n) is 9.89. The molecule has 1 aromatic heterocycles. The van der Waals surface area contributed by atoms with E-state index >= 15 is 0 Å². The fourth-order valence-corrected chi connectivity index (χ4v) is 4.20. The minimum absolute atomic E-state index is 0. The largest absolute Gasteiger partial charge is 0.496 e. The van der Waals surface area contributed by atoms with Crippen LogP contribution in [0, 0.1) is 0 Å². The SMILES string of the molecule is COc1ccc(-c2ccccn2)cc1CN1CCC[C@H](N)[C@@H]1c1ccccc1.Cl.Cl.Cl.O. The van der Waals surface area contributed by atoms with Crippen LogP contribution in [0.3, 0.4) is 0 Å². The van der Waals surface area contributed by atoms with Crippen molar-refractivity contribution in [2.75, 3.05) is 13.7 Å². The van der Waals surface area contributed by atoms with Gasteiger partial charge in [-0.1, -0.05) is 36.4 Å². The van der Waals surface area contributed by atoms with Gasteiger partial charge in [-0.2, -0.15) is 0 Å². The van der Waals surface area contributed by atoms with Crippen molar-refractivity contribution in [1.29, 1.82) is 0 Å². The van der Waals surface area contributed by atoms with Gasteiger partial charge in [0.1, 0.15) is 5.75 Å². The van der Waals surface area contributed by atoms with Crippen molar-refractivity contribution in [2.45, 2.75) is 31.5 Å². The molecule has 32 heavy (non-hydrogen) atoms. The van der Waals surface area contributed by atoms with E-state index in [-0.39, 0.29) is 54.8 Å². The molecule has 2 aromatic carbocycles. The Bertz CT molecular complexity index is 917. The molecule has 8 heteroatoms. The Balaban J connectivity index is 0.00000240. The second-order valence-corrected chi connectivity index (χ2v) is 7.37. The third-order valence-corrected chi connectivity index (χ3v) is 5.54. The van der Waals surface area contributed by atoms with E-state index in [1.807, 2.05) is 30.5 Å². The molecule has 3 aromatic rings. The Morgan fingerprint density at radius 3 is 2.38 bits per heavy atom. The van der Waals surface area contributed by atoms with Crippen LogP contribution in [0.25, 0.3) is 11.3 Å². The molecule has 0 saturated carbocycles. The van der Waals surface area contributed by atoms with Crippen LogP contribution in [0.2, 0.25) is 0 Å². The van der Waals surface area contributed by atoms with Crippen LogP contribution in [0.1, 0.15) is 30.0 Å². The van der Waals surface area contributed by atoms with Crippen molar-refractivity contribution in [3.8, 4) is 17.0 Å². The van der Waals surface area contributed by atoms with Crippen LogP contribution in [0.4, 0.5) is 0 Å². The maximum absolute atomic E-state index is 6.56. The average Bonchev–Trinajstić information content (AvgIpc) is 2.75. The van der Waals surface area contributed by atoms with E-state index in [0.29, 0.717) is 0 Å². The lowest BCUT2D eigenvalue weighted by Gasteiger charge is -2.40. The summed E-state index contributed by atoms with van der Waals surface area (Å²) in [6, 6.07) is 23.3. The summed E-state index contributed by atoms with van der Waals surface area (Å²) < 4.78 is 5.67. The van der Waals surface area contributed by atoms with E-state index in [0.717, 1.165) is 42.9 Å². The van der Waals surface area contributed by atoms with Gasteiger partial charge in [0.25, 0.3) is 0 Å². The van der Waals surface area contributed by atoms with Crippen LogP contribution in [-0.2, 0) is 6.54 Å². The number of hydrogen-bond donors (Lipinski definition) is 1. The number of aromatic nitrogens is 1. The Hall–Kier alpha value is -1.86. The average molecular weight is 501 g/mol. The summed E-state index contributed by atoms with van der Waals surface area (Å²) >= 11 is 0. The van der Waals surface area contributed by atoms with Crippen molar-refractivity contribution < 1.29 is 10.2 Å². The predicted octanol–water partition coefficient (Wildman–Crippen LogP) is 4.86. The van der Waals surface area contributed by atoms with E-state index in [2.05, 4.69) is 52.3 Å².